The number of ether oxygens (including phenoxy) is 1. The molecule has 3 aromatic carbocycles. The van der Waals surface area contributed by atoms with Gasteiger partial charge in [-0.3, -0.25) is 4.79 Å². The molecule has 0 unspecified atom stereocenters. The van der Waals surface area contributed by atoms with E-state index in [9.17, 15) is 4.79 Å². The normalized spacial score (nSPS) is 10.3. The van der Waals surface area contributed by atoms with Crippen LogP contribution in [0, 0.1) is 3.57 Å². The van der Waals surface area contributed by atoms with Crippen LogP contribution < -0.4 is 4.74 Å². The Morgan fingerprint density at radius 3 is 2.04 bits per heavy atom. The molecule has 136 valence electrons. The third-order valence-corrected chi connectivity index (χ3v) is 4.89. The Hall–Kier alpha value is -2.60. The smallest absolute Gasteiger partial charge is 0.307 e. The van der Waals surface area contributed by atoms with Gasteiger partial charge in [0.15, 0.2) is 0 Å². The Morgan fingerprint density at radius 1 is 0.926 bits per heavy atom. The Labute approximate surface area is 172 Å². The summed E-state index contributed by atoms with van der Waals surface area (Å²) < 4.78 is 6.84. The van der Waals surface area contributed by atoms with Gasteiger partial charge in [-0.2, -0.15) is 0 Å². The average Bonchev–Trinajstić information content (AvgIpc) is 2.67. The minimum atomic E-state index is -0.835. The van der Waals surface area contributed by atoms with Gasteiger partial charge in [0.2, 0.25) is 0 Å². The first-order chi connectivity index (χ1) is 13.1. The fraction of sp³-hybridized carbons (Fsp3) is 0.0870. The number of benzene rings is 3. The predicted molar refractivity (Wildman–Crippen MR) is 116 cm³/mol. The van der Waals surface area contributed by atoms with E-state index in [-0.39, 0.29) is 6.42 Å². The molecule has 3 aromatic rings. The van der Waals surface area contributed by atoms with Gasteiger partial charge < -0.3 is 9.84 Å². The van der Waals surface area contributed by atoms with E-state index in [0.717, 1.165) is 31.6 Å². The SMILES string of the molecule is O=C(O)Cc1ccc(OCC=C(c2ccccc2)c2ccccc2)c(I)c1. The van der Waals surface area contributed by atoms with Crippen molar-refractivity contribution in [1.82, 2.24) is 0 Å². The number of hydrogen-bond donors (Lipinski definition) is 1. The first-order valence-corrected chi connectivity index (χ1v) is 9.65. The number of carboxylic acid groups (broad SMARTS) is 1. The highest BCUT2D eigenvalue weighted by atomic mass is 127. The van der Waals surface area contributed by atoms with E-state index in [1.54, 1.807) is 6.07 Å². The molecular formula is C23H19IO3. The third-order valence-electron chi connectivity index (χ3n) is 4.05. The summed E-state index contributed by atoms with van der Waals surface area (Å²) in [4.78, 5) is 10.8. The Balaban J connectivity index is 1.79. The van der Waals surface area contributed by atoms with Crippen molar-refractivity contribution >= 4 is 34.1 Å². The van der Waals surface area contributed by atoms with Crippen molar-refractivity contribution in [2.75, 3.05) is 6.61 Å². The third kappa shape index (κ3) is 5.44. The van der Waals surface area contributed by atoms with E-state index < -0.39 is 5.97 Å². The molecule has 0 heterocycles. The molecular weight excluding hydrogens is 451 g/mol. The molecule has 0 amide bonds. The molecule has 0 bridgehead atoms. The maximum atomic E-state index is 10.8. The van der Waals surface area contributed by atoms with Crippen LogP contribution in [0.2, 0.25) is 0 Å². The van der Waals surface area contributed by atoms with Crippen LogP contribution in [0.1, 0.15) is 16.7 Å². The number of halogens is 1. The van der Waals surface area contributed by atoms with Crippen LogP contribution in [0.4, 0.5) is 0 Å². The van der Waals surface area contributed by atoms with Gasteiger partial charge in [-0.1, -0.05) is 66.7 Å². The van der Waals surface area contributed by atoms with Gasteiger partial charge in [0, 0.05) is 0 Å². The zero-order chi connectivity index (χ0) is 19.1. The molecule has 27 heavy (non-hydrogen) atoms. The van der Waals surface area contributed by atoms with Crippen molar-refractivity contribution in [1.29, 1.82) is 0 Å². The van der Waals surface area contributed by atoms with Gasteiger partial charge in [0.1, 0.15) is 12.4 Å². The molecule has 0 atom stereocenters. The number of hydrogen-bond acceptors (Lipinski definition) is 2. The van der Waals surface area contributed by atoms with Gasteiger partial charge >= 0.3 is 5.97 Å². The highest BCUT2D eigenvalue weighted by Gasteiger charge is 2.07. The minimum Gasteiger partial charge on any atom is -0.488 e. The monoisotopic (exact) mass is 470 g/mol. The van der Waals surface area contributed by atoms with Crippen LogP contribution >= 0.6 is 22.6 Å². The average molecular weight is 470 g/mol. The molecule has 0 fully saturated rings. The van der Waals surface area contributed by atoms with E-state index >= 15 is 0 Å². The van der Waals surface area contributed by atoms with Crippen LogP contribution in [-0.4, -0.2) is 17.7 Å². The zero-order valence-corrected chi connectivity index (χ0v) is 16.8. The summed E-state index contributed by atoms with van der Waals surface area (Å²) >= 11 is 2.17. The van der Waals surface area contributed by atoms with Crippen LogP contribution in [0.5, 0.6) is 5.75 Å². The summed E-state index contributed by atoms with van der Waals surface area (Å²) in [6.45, 7) is 0.424. The molecule has 3 rings (SSSR count). The number of carbonyl (C=O) groups is 1. The maximum absolute atomic E-state index is 10.8. The quantitative estimate of drug-likeness (QED) is 0.469. The van der Waals surface area contributed by atoms with Crippen LogP contribution in [0.15, 0.2) is 84.9 Å². The highest BCUT2D eigenvalue weighted by Crippen LogP contribution is 2.25. The van der Waals surface area contributed by atoms with Crippen molar-refractivity contribution in [3.8, 4) is 5.75 Å². The first-order valence-electron chi connectivity index (χ1n) is 8.57. The highest BCUT2D eigenvalue weighted by molar-refractivity contribution is 14.1. The largest absolute Gasteiger partial charge is 0.488 e. The maximum Gasteiger partial charge on any atom is 0.307 e. The first kappa shape index (κ1) is 19.2. The van der Waals surface area contributed by atoms with Gasteiger partial charge in [0.25, 0.3) is 0 Å². The summed E-state index contributed by atoms with van der Waals surface area (Å²) in [5, 5.41) is 8.90. The summed E-state index contributed by atoms with van der Waals surface area (Å²) in [5.74, 6) is -0.0840. The molecule has 0 saturated carbocycles. The molecule has 0 aromatic heterocycles. The van der Waals surface area contributed by atoms with E-state index in [0.29, 0.717) is 6.61 Å². The van der Waals surface area contributed by atoms with E-state index in [1.807, 2.05) is 48.5 Å². The lowest BCUT2D eigenvalue weighted by atomic mass is 9.98. The van der Waals surface area contributed by atoms with Crippen molar-refractivity contribution < 1.29 is 14.6 Å². The molecule has 0 aliphatic heterocycles. The summed E-state index contributed by atoms with van der Waals surface area (Å²) in [5.41, 5.74) is 4.16. The number of aliphatic carboxylic acids is 1. The standard InChI is InChI=1S/C23H19IO3/c24-21-15-17(16-23(25)26)11-12-22(21)27-14-13-20(18-7-3-1-4-8-18)19-9-5-2-6-10-19/h1-13,15H,14,16H2,(H,25,26). The van der Waals surface area contributed by atoms with Crippen molar-refractivity contribution in [3.63, 3.8) is 0 Å². The van der Waals surface area contributed by atoms with Crippen LogP contribution in [0.25, 0.3) is 5.57 Å². The second-order valence-electron chi connectivity index (χ2n) is 6.00. The molecule has 0 aliphatic rings. The Kier molecular flexibility index (Phi) is 6.65. The topological polar surface area (TPSA) is 46.5 Å². The molecule has 0 radical (unpaired) electrons. The van der Waals surface area contributed by atoms with Crippen molar-refractivity contribution in [2.45, 2.75) is 6.42 Å². The minimum absolute atomic E-state index is 0.0162. The van der Waals surface area contributed by atoms with Gasteiger partial charge in [-0.25, -0.2) is 0 Å². The molecule has 0 aliphatic carbocycles. The fourth-order valence-electron chi connectivity index (χ4n) is 2.80. The fourth-order valence-corrected chi connectivity index (χ4v) is 3.53. The molecule has 3 nitrogen and oxygen atoms in total. The van der Waals surface area contributed by atoms with Crippen molar-refractivity contribution in [2.24, 2.45) is 0 Å². The lowest BCUT2D eigenvalue weighted by molar-refractivity contribution is -0.136. The molecule has 0 spiro atoms. The van der Waals surface area contributed by atoms with Crippen molar-refractivity contribution in [3.05, 3.63) is 105 Å². The second-order valence-corrected chi connectivity index (χ2v) is 7.16. The van der Waals surface area contributed by atoms with Gasteiger partial charge in [-0.15, -0.1) is 0 Å². The van der Waals surface area contributed by atoms with E-state index in [2.05, 4.69) is 52.9 Å². The summed E-state index contributed by atoms with van der Waals surface area (Å²) in [7, 11) is 0. The predicted octanol–water partition coefficient (Wildman–Crippen LogP) is 5.43. The Morgan fingerprint density at radius 2 is 1.52 bits per heavy atom. The Bertz CT molecular complexity index is 893. The summed E-state index contributed by atoms with van der Waals surface area (Å²) in [6.07, 6.45) is 2.09. The van der Waals surface area contributed by atoms with Gasteiger partial charge in [-0.05, 0) is 63.1 Å². The number of carboxylic acids is 1. The zero-order valence-electron chi connectivity index (χ0n) is 14.6. The lowest BCUT2D eigenvalue weighted by Crippen LogP contribution is -2.02. The second kappa shape index (κ2) is 9.37. The molecule has 4 heteroatoms. The number of rotatable bonds is 7. The van der Waals surface area contributed by atoms with Crippen LogP contribution in [0.3, 0.4) is 0 Å². The lowest BCUT2D eigenvalue weighted by Gasteiger charge is -2.11. The molecule has 0 saturated heterocycles. The van der Waals surface area contributed by atoms with Crippen LogP contribution in [-0.2, 0) is 11.2 Å². The molecule has 1 N–H and O–H groups in total. The summed E-state index contributed by atoms with van der Waals surface area (Å²) in [6, 6.07) is 25.9. The van der Waals surface area contributed by atoms with Gasteiger partial charge in [0.05, 0.1) is 9.99 Å². The van der Waals surface area contributed by atoms with E-state index in [4.69, 9.17) is 9.84 Å². The van der Waals surface area contributed by atoms with E-state index in [1.165, 1.54) is 0 Å².